The molecule has 2 aromatic carbocycles. The number of anilines is 1. The number of fused-ring (bicyclic) bond motifs is 3. The van der Waals surface area contributed by atoms with Gasteiger partial charge in [-0.1, -0.05) is 35.6 Å². The Morgan fingerprint density at radius 2 is 1.78 bits per heavy atom. The van der Waals surface area contributed by atoms with Crippen LogP contribution in [0.5, 0.6) is 0 Å². The molecule has 2 aromatic heterocycles. The molecule has 0 unspecified atom stereocenters. The maximum Gasteiger partial charge on any atom is 0.339 e. The van der Waals surface area contributed by atoms with Gasteiger partial charge in [0.2, 0.25) is 5.91 Å². The van der Waals surface area contributed by atoms with Gasteiger partial charge in [0, 0.05) is 58.5 Å². The van der Waals surface area contributed by atoms with E-state index in [0.717, 1.165) is 72.4 Å². The van der Waals surface area contributed by atoms with Crippen molar-refractivity contribution in [1.82, 2.24) is 19.7 Å². The fourth-order valence-electron chi connectivity index (χ4n) is 7.34. The number of likely N-dealkylation sites (tertiary alicyclic amines) is 1. The predicted octanol–water partition coefficient (Wildman–Crippen LogP) is 5.66. The van der Waals surface area contributed by atoms with E-state index in [1.807, 2.05) is 48.2 Å². The van der Waals surface area contributed by atoms with Crippen LogP contribution in [0, 0.1) is 44.4 Å². The number of carbonyl (C=O) groups excluding carboxylic acids is 2. The van der Waals surface area contributed by atoms with Crippen LogP contribution in [0.4, 0.5) is 5.69 Å². The molecule has 0 bridgehead atoms. The summed E-state index contributed by atoms with van der Waals surface area (Å²) in [5.41, 5.74) is 11.7. The average Bonchev–Trinajstić information content (AvgIpc) is 3.58. The summed E-state index contributed by atoms with van der Waals surface area (Å²) in [6.07, 6.45) is 2.16. The number of aliphatic imine (C=N–C) groups is 1. The molecule has 2 fully saturated rings. The summed E-state index contributed by atoms with van der Waals surface area (Å²) in [4.78, 5) is 37.0. The topological polar surface area (TPSA) is 119 Å². The summed E-state index contributed by atoms with van der Waals surface area (Å²) in [7, 11) is 1.37. The van der Waals surface area contributed by atoms with Gasteiger partial charge in [0.1, 0.15) is 16.9 Å². The van der Waals surface area contributed by atoms with Gasteiger partial charge in [0.05, 0.1) is 31.4 Å². The number of thiophene rings is 1. The van der Waals surface area contributed by atoms with Crippen LogP contribution < -0.4 is 10.6 Å². The van der Waals surface area contributed by atoms with E-state index in [-0.39, 0.29) is 18.9 Å². The number of piperidine rings is 1. The molecule has 1 atom stereocenters. The van der Waals surface area contributed by atoms with Crippen molar-refractivity contribution in [3.8, 4) is 16.8 Å². The minimum atomic E-state index is -0.475. The lowest BCUT2D eigenvalue weighted by Crippen LogP contribution is -2.52. The first kappa shape index (κ1) is 34.0. The first-order valence-corrected chi connectivity index (χ1v) is 18.2. The van der Waals surface area contributed by atoms with Crippen molar-refractivity contribution < 1.29 is 14.3 Å². The van der Waals surface area contributed by atoms with Gasteiger partial charge in [-0.05, 0) is 81.3 Å². The van der Waals surface area contributed by atoms with Gasteiger partial charge in [0.15, 0.2) is 5.82 Å². The van der Waals surface area contributed by atoms with Crippen LogP contribution in [0.25, 0.3) is 5.00 Å². The number of hydrogen-bond acceptors (Lipinski definition) is 9. The third-order valence-corrected chi connectivity index (χ3v) is 11.7. The van der Waals surface area contributed by atoms with Gasteiger partial charge in [-0.15, -0.1) is 21.5 Å². The number of methoxy groups -OCH3 is 1. The number of benzene rings is 2. The van der Waals surface area contributed by atoms with Gasteiger partial charge in [-0.3, -0.25) is 14.4 Å². The highest BCUT2D eigenvalue weighted by Crippen LogP contribution is 2.40. The van der Waals surface area contributed by atoms with E-state index in [1.165, 1.54) is 17.6 Å². The minimum Gasteiger partial charge on any atom is -0.465 e. The maximum absolute atomic E-state index is 13.9. The third-order valence-electron chi connectivity index (χ3n) is 10.3. The van der Waals surface area contributed by atoms with Crippen LogP contribution in [0.1, 0.15) is 74.4 Å². The van der Waals surface area contributed by atoms with E-state index >= 15 is 0 Å². The van der Waals surface area contributed by atoms with Crippen molar-refractivity contribution in [2.75, 3.05) is 44.7 Å². The van der Waals surface area contributed by atoms with Crippen LogP contribution in [0.15, 0.2) is 47.5 Å². The van der Waals surface area contributed by atoms with E-state index in [4.69, 9.17) is 27.1 Å². The summed E-state index contributed by atoms with van der Waals surface area (Å²) in [5, 5.41) is 10.7. The van der Waals surface area contributed by atoms with Gasteiger partial charge >= 0.3 is 5.97 Å². The molecule has 0 radical (unpaired) electrons. The Hall–Kier alpha value is -4.50. The molecule has 7 rings (SSSR count). The smallest absolute Gasteiger partial charge is 0.339 e. The number of nitrogens with two attached hydrogens (primary N) is 1. The largest absolute Gasteiger partial charge is 0.465 e. The van der Waals surface area contributed by atoms with Crippen molar-refractivity contribution in [3.63, 3.8) is 0 Å². The highest BCUT2D eigenvalue weighted by Gasteiger charge is 2.38. The number of aromatic nitrogens is 3. The van der Waals surface area contributed by atoms with Crippen molar-refractivity contribution in [2.45, 2.75) is 46.1 Å². The number of hydrogen-bond donors (Lipinski definition) is 1. The standard InChI is InChI=1S/C38H40ClN7O3S/c1-22-23(2)50-37-34(22)35(26-7-9-29(39)10-8-26)41-32(36-43-42-24(3)46(36)37)19-33(47)44-16-13-25(14-17-44)28-20-45(21-28)30-11-12-31(38(48)49-4)27(18-30)6-5-15-40/h7-12,18,25,28,32H,13-17,19-21,40H2,1-4H3/t32-/m0/s1. The molecule has 4 aromatic rings. The highest BCUT2D eigenvalue weighted by molar-refractivity contribution is 7.15. The van der Waals surface area contributed by atoms with Crippen molar-refractivity contribution in [3.05, 3.63) is 91.8 Å². The Bertz CT molecular complexity index is 2040. The number of ether oxygens (including phenoxy) is 1. The molecule has 1 amide bonds. The molecule has 3 aliphatic heterocycles. The van der Waals surface area contributed by atoms with Crippen LogP contribution in [0.3, 0.4) is 0 Å². The summed E-state index contributed by atoms with van der Waals surface area (Å²) in [5.74, 6) is 8.12. The lowest BCUT2D eigenvalue weighted by atomic mass is 9.79. The SMILES string of the molecule is COC(=O)c1ccc(N2CC(C3CCN(C(=O)C[C@@H]4N=C(c5ccc(Cl)cc5)c5c(sc(C)c5C)-n5c(C)nnc54)CC3)C2)cc1C#CCN. The second kappa shape index (κ2) is 14.0. The highest BCUT2D eigenvalue weighted by atomic mass is 35.5. The molecule has 10 nitrogen and oxygen atoms in total. The number of amides is 1. The molecule has 12 heteroatoms. The Labute approximate surface area is 301 Å². The minimum absolute atomic E-state index is 0.0880. The zero-order valence-electron chi connectivity index (χ0n) is 28.7. The molecule has 0 aliphatic carbocycles. The van der Waals surface area contributed by atoms with E-state index in [2.05, 4.69) is 45.4 Å². The quantitative estimate of drug-likeness (QED) is 0.203. The lowest BCUT2D eigenvalue weighted by Gasteiger charge is -2.47. The van der Waals surface area contributed by atoms with E-state index in [0.29, 0.717) is 33.8 Å². The Kier molecular flexibility index (Phi) is 9.53. The third kappa shape index (κ3) is 6.32. The number of halogens is 1. The molecule has 258 valence electrons. The van der Waals surface area contributed by atoms with Crippen LogP contribution in [-0.2, 0) is 9.53 Å². The normalized spacial score (nSPS) is 17.6. The van der Waals surface area contributed by atoms with Crippen molar-refractivity contribution in [2.24, 2.45) is 22.6 Å². The zero-order chi connectivity index (χ0) is 35.1. The summed E-state index contributed by atoms with van der Waals surface area (Å²) in [6.45, 7) is 9.74. The Morgan fingerprint density at radius 3 is 2.48 bits per heavy atom. The molecule has 3 aliphatic rings. The molecular formula is C38H40ClN7O3S. The predicted molar refractivity (Wildman–Crippen MR) is 197 cm³/mol. The van der Waals surface area contributed by atoms with Crippen molar-refractivity contribution >= 4 is 46.2 Å². The summed E-state index contributed by atoms with van der Waals surface area (Å²) >= 11 is 7.97. The van der Waals surface area contributed by atoms with E-state index in [9.17, 15) is 9.59 Å². The molecule has 2 N–H and O–H groups in total. The molecule has 0 spiro atoms. The first-order chi connectivity index (χ1) is 24.2. The number of carbonyl (C=O) groups is 2. The second-order valence-corrected chi connectivity index (χ2v) is 14.9. The fraction of sp³-hybridized carbons (Fsp3) is 0.395. The summed E-state index contributed by atoms with van der Waals surface area (Å²) < 4.78 is 7.03. The molecule has 2 saturated heterocycles. The molecular weight excluding hydrogens is 670 g/mol. The average molecular weight is 710 g/mol. The number of aryl methyl sites for hydroxylation is 2. The fourth-order valence-corrected chi connectivity index (χ4v) is 8.68. The monoisotopic (exact) mass is 709 g/mol. The zero-order valence-corrected chi connectivity index (χ0v) is 30.3. The van der Waals surface area contributed by atoms with Crippen LogP contribution in [-0.4, -0.2) is 77.1 Å². The number of esters is 1. The van der Waals surface area contributed by atoms with Gasteiger partial charge in [-0.2, -0.15) is 0 Å². The van der Waals surface area contributed by atoms with E-state index in [1.54, 1.807) is 17.4 Å². The first-order valence-electron chi connectivity index (χ1n) is 17.0. The number of nitrogens with zero attached hydrogens (tertiary/aromatic N) is 6. The Balaban J connectivity index is 1.03. The summed E-state index contributed by atoms with van der Waals surface area (Å²) in [6, 6.07) is 13.0. The maximum atomic E-state index is 13.9. The van der Waals surface area contributed by atoms with Crippen molar-refractivity contribution in [1.29, 1.82) is 0 Å². The molecule has 5 heterocycles. The van der Waals surface area contributed by atoms with Gasteiger partial charge in [-0.25, -0.2) is 4.79 Å². The molecule has 0 saturated carbocycles. The second-order valence-electron chi connectivity index (χ2n) is 13.2. The van der Waals surface area contributed by atoms with Crippen LogP contribution >= 0.6 is 22.9 Å². The van der Waals surface area contributed by atoms with E-state index < -0.39 is 12.0 Å². The van der Waals surface area contributed by atoms with Crippen LogP contribution in [0.2, 0.25) is 5.02 Å². The number of rotatable bonds is 6. The lowest BCUT2D eigenvalue weighted by molar-refractivity contribution is -0.133. The Morgan fingerprint density at radius 1 is 1.04 bits per heavy atom. The van der Waals surface area contributed by atoms with Gasteiger partial charge in [0.25, 0.3) is 0 Å². The molecule has 50 heavy (non-hydrogen) atoms. The van der Waals surface area contributed by atoms with Gasteiger partial charge < -0.3 is 20.3 Å².